The van der Waals surface area contributed by atoms with Gasteiger partial charge in [-0.15, -0.1) is 0 Å². The lowest BCUT2D eigenvalue weighted by atomic mass is 10.1. The van der Waals surface area contributed by atoms with Crippen LogP contribution in [0.3, 0.4) is 0 Å². The minimum atomic E-state index is -0.233. The Morgan fingerprint density at radius 1 is 1.13 bits per heavy atom. The van der Waals surface area contributed by atoms with Crippen LogP contribution in [0, 0.1) is 17.4 Å². The molecule has 1 aromatic carbocycles. The molecule has 0 fully saturated rings. The third kappa shape index (κ3) is 4.07. The van der Waals surface area contributed by atoms with Crippen molar-refractivity contribution in [3.63, 3.8) is 0 Å². The van der Waals surface area contributed by atoms with Gasteiger partial charge in [0, 0.05) is 23.4 Å². The Morgan fingerprint density at radius 3 is 2.39 bits per heavy atom. The van der Waals surface area contributed by atoms with E-state index in [0.717, 1.165) is 14.8 Å². The predicted molar refractivity (Wildman–Crippen MR) is 98.8 cm³/mol. The number of aryl methyl sites for hydroxylation is 2. The van der Waals surface area contributed by atoms with E-state index < -0.39 is 0 Å². The summed E-state index contributed by atoms with van der Waals surface area (Å²) in [5, 5.41) is 2.89. The average Bonchev–Trinajstić information content (AvgIpc) is 2.48. The summed E-state index contributed by atoms with van der Waals surface area (Å²) in [6, 6.07) is 9.02. The molecule has 23 heavy (non-hydrogen) atoms. The van der Waals surface area contributed by atoms with E-state index >= 15 is 0 Å². The van der Waals surface area contributed by atoms with E-state index in [1.807, 2.05) is 25.1 Å². The van der Waals surface area contributed by atoms with Crippen molar-refractivity contribution in [3.05, 3.63) is 56.4 Å². The molecule has 0 unspecified atom stereocenters. The fourth-order valence-corrected chi connectivity index (χ4v) is 2.75. The number of pyridine rings is 1. The van der Waals surface area contributed by atoms with E-state index in [1.54, 1.807) is 33.2 Å². The molecule has 0 aliphatic heterocycles. The molecule has 2 rings (SSSR count). The molecule has 0 spiro atoms. The summed E-state index contributed by atoms with van der Waals surface area (Å²) in [4.78, 5) is 30.0. The summed E-state index contributed by atoms with van der Waals surface area (Å²) in [6.45, 7) is 3.67. The monoisotopic (exact) mass is 423 g/mol. The molecule has 0 radical (unpaired) electrons. The highest BCUT2D eigenvalue weighted by atomic mass is 127. The Hall–Kier alpha value is -1.96. The minimum absolute atomic E-state index is 0.187. The number of hydrogen-bond donors (Lipinski definition) is 1. The van der Waals surface area contributed by atoms with Gasteiger partial charge in [0.05, 0.1) is 11.3 Å². The number of anilines is 1. The highest BCUT2D eigenvalue weighted by molar-refractivity contribution is 14.1. The van der Waals surface area contributed by atoms with Crippen LogP contribution >= 0.6 is 22.6 Å². The van der Waals surface area contributed by atoms with Crippen LogP contribution < -0.4 is 5.32 Å². The fourth-order valence-electron chi connectivity index (χ4n) is 2.11. The lowest BCUT2D eigenvalue weighted by molar-refractivity contribution is 0.0821. The quantitative estimate of drug-likeness (QED) is 0.772. The molecule has 0 aliphatic rings. The van der Waals surface area contributed by atoms with Gasteiger partial charge in [0.1, 0.15) is 5.69 Å². The van der Waals surface area contributed by atoms with Gasteiger partial charge in [-0.1, -0.05) is 0 Å². The maximum Gasteiger partial charge on any atom is 0.271 e. The minimum Gasteiger partial charge on any atom is -0.343 e. The van der Waals surface area contributed by atoms with E-state index in [1.165, 1.54) is 4.90 Å². The molecule has 0 bridgehead atoms. The van der Waals surface area contributed by atoms with Gasteiger partial charge in [0.25, 0.3) is 11.8 Å². The molecule has 0 saturated heterocycles. The molecular weight excluding hydrogens is 405 g/mol. The number of carbonyl (C=O) groups is 2. The lowest BCUT2D eigenvalue weighted by Crippen LogP contribution is -2.24. The third-order valence-electron chi connectivity index (χ3n) is 3.39. The van der Waals surface area contributed by atoms with Crippen molar-refractivity contribution in [2.45, 2.75) is 13.8 Å². The predicted octanol–water partition coefficient (Wildman–Crippen LogP) is 3.26. The second-order valence-corrected chi connectivity index (χ2v) is 6.69. The molecule has 2 aromatic rings. The SMILES string of the molecule is Cc1cc(I)ccc1NC(=O)c1ccc(C(=O)N(C)C)nc1C. The van der Waals surface area contributed by atoms with Crippen molar-refractivity contribution in [1.29, 1.82) is 0 Å². The fraction of sp³-hybridized carbons (Fsp3) is 0.235. The molecule has 120 valence electrons. The van der Waals surface area contributed by atoms with Crippen LogP contribution in [0.25, 0.3) is 0 Å². The van der Waals surface area contributed by atoms with Crippen molar-refractivity contribution in [2.75, 3.05) is 19.4 Å². The van der Waals surface area contributed by atoms with Crippen molar-refractivity contribution in [2.24, 2.45) is 0 Å². The van der Waals surface area contributed by atoms with E-state index in [-0.39, 0.29) is 11.8 Å². The Bertz CT molecular complexity index is 772. The van der Waals surface area contributed by atoms with Gasteiger partial charge >= 0.3 is 0 Å². The first-order chi connectivity index (χ1) is 10.8. The summed E-state index contributed by atoms with van der Waals surface area (Å²) in [5.74, 6) is -0.420. The second-order valence-electron chi connectivity index (χ2n) is 5.44. The van der Waals surface area contributed by atoms with Crippen LogP contribution in [0.2, 0.25) is 0 Å². The summed E-state index contributed by atoms with van der Waals surface area (Å²) in [7, 11) is 3.33. The molecule has 1 aromatic heterocycles. The number of amides is 2. The van der Waals surface area contributed by atoms with Crippen LogP contribution in [0.15, 0.2) is 30.3 Å². The van der Waals surface area contributed by atoms with Gasteiger partial charge < -0.3 is 10.2 Å². The van der Waals surface area contributed by atoms with Gasteiger partial charge in [-0.25, -0.2) is 4.98 Å². The maximum absolute atomic E-state index is 12.4. The van der Waals surface area contributed by atoms with E-state index in [4.69, 9.17) is 0 Å². The second kappa shape index (κ2) is 7.08. The largest absolute Gasteiger partial charge is 0.343 e. The summed E-state index contributed by atoms with van der Waals surface area (Å²) < 4.78 is 1.11. The number of aromatic nitrogens is 1. The number of rotatable bonds is 3. The van der Waals surface area contributed by atoms with Gasteiger partial charge in [-0.05, 0) is 72.3 Å². The Labute approximate surface area is 149 Å². The maximum atomic E-state index is 12.4. The first-order valence-electron chi connectivity index (χ1n) is 7.06. The first-order valence-corrected chi connectivity index (χ1v) is 8.14. The normalized spacial score (nSPS) is 10.3. The topological polar surface area (TPSA) is 62.3 Å². The van der Waals surface area contributed by atoms with E-state index in [9.17, 15) is 9.59 Å². The van der Waals surface area contributed by atoms with Gasteiger partial charge in [0.15, 0.2) is 0 Å². The molecule has 0 atom stereocenters. The number of hydrogen-bond acceptors (Lipinski definition) is 3. The van der Waals surface area contributed by atoms with Gasteiger partial charge in [0.2, 0.25) is 0 Å². The van der Waals surface area contributed by atoms with Crippen molar-refractivity contribution < 1.29 is 9.59 Å². The number of halogens is 1. The standard InChI is InChI=1S/C17H18IN3O2/c1-10-9-12(18)5-7-14(10)20-16(22)13-6-8-15(19-11(13)2)17(23)21(3)4/h5-9H,1-4H3,(H,20,22). The Morgan fingerprint density at radius 2 is 1.83 bits per heavy atom. The highest BCUT2D eigenvalue weighted by Gasteiger charge is 2.15. The van der Waals surface area contributed by atoms with Crippen molar-refractivity contribution in [1.82, 2.24) is 9.88 Å². The number of benzene rings is 1. The van der Waals surface area contributed by atoms with Crippen molar-refractivity contribution >= 4 is 40.1 Å². The number of carbonyl (C=O) groups excluding carboxylic acids is 2. The number of nitrogens with zero attached hydrogens (tertiary/aromatic N) is 2. The highest BCUT2D eigenvalue weighted by Crippen LogP contribution is 2.19. The lowest BCUT2D eigenvalue weighted by Gasteiger charge is -2.12. The molecule has 1 heterocycles. The molecule has 0 saturated carbocycles. The first kappa shape index (κ1) is 17.4. The van der Waals surface area contributed by atoms with Crippen LogP contribution in [0.5, 0.6) is 0 Å². The van der Waals surface area contributed by atoms with E-state index in [0.29, 0.717) is 17.0 Å². The summed E-state index contributed by atoms with van der Waals surface area (Å²) >= 11 is 2.23. The number of nitrogens with one attached hydrogen (secondary N) is 1. The molecule has 0 aliphatic carbocycles. The molecule has 1 N–H and O–H groups in total. The average molecular weight is 423 g/mol. The van der Waals surface area contributed by atoms with Crippen molar-refractivity contribution in [3.8, 4) is 0 Å². The van der Waals surface area contributed by atoms with Crippen LogP contribution in [0.4, 0.5) is 5.69 Å². The zero-order valence-corrected chi connectivity index (χ0v) is 15.6. The van der Waals surface area contributed by atoms with Crippen LogP contribution in [-0.2, 0) is 0 Å². The smallest absolute Gasteiger partial charge is 0.271 e. The van der Waals surface area contributed by atoms with Crippen LogP contribution in [0.1, 0.15) is 32.1 Å². The molecule has 2 amide bonds. The zero-order chi connectivity index (χ0) is 17.1. The van der Waals surface area contributed by atoms with Gasteiger partial charge in [-0.3, -0.25) is 9.59 Å². The summed E-state index contributed by atoms with van der Waals surface area (Å²) in [6.07, 6.45) is 0. The van der Waals surface area contributed by atoms with E-state index in [2.05, 4.69) is 32.9 Å². The Kier molecular flexibility index (Phi) is 5.35. The Balaban J connectivity index is 2.24. The summed E-state index contributed by atoms with van der Waals surface area (Å²) in [5.41, 5.74) is 3.07. The van der Waals surface area contributed by atoms with Crippen LogP contribution in [-0.4, -0.2) is 35.8 Å². The molecule has 6 heteroatoms. The van der Waals surface area contributed by atoms with Gasteiger partial charge in [-0.2, -0.15) is 0 Å². The third-order valence-corrected chi connectivity index (χ3v) is 4.06. The zero-order valence-electron chi connectivity index (χ0n) is 13.5. The molecule has 5 nitrogen and oxygen atoms in total. The molecular formula is C17H18IN3O2.